The maximum Gasteiger partial charge on any atom is 0.222 e. The predicted molar refractivity (Wildman–Crippen MR) is 64.2 cm³/mol. The van der Waals surface area contributed by atoms with Crippen LogP contribution >= 0.6 is 0 Å². The molecule has 0 spiro atoms. The number of carbonyl (C=O) groups excluding carboxylic acids is 1. The van der Waals surface area contributed by atoms with Crippen molar-refractivity contribution in [3.05, 3.63) is 0 Å². The van der Waals surface area contributed by atoms with Gasteiger partial charge in [0.1, 0.15) is 0 Å². The minimum atomic E-state index is 0.116. The lowest BCUT2D eigenvalue weighted by atomic mass is 10.1. The van der Waals surface area contributed by atoms with Crippen molar-refractivity contribution in [2.75, 3.05) is 6.54 Å². The van der Waals surface area contributed by atoms with Gasteiger partial charge >= 0.3 is 0 Å². The van der Waals surface area contributed by atoms with Gasteiger partial charge in [-0.3, -0.25) is 9.79 Å². The van der Waals surface area contributed by atoms with Gasteiger partial charge in [0, 0.05) is 24.9 Å². The van der Waals surface area contributed by atoms with Crippen molar-refractivity contribution in [1.29, 1.82) is 0 Å². The van der Waals surface area contributed by atoms with Gasteiger partial charge in [0.05, 0.1) is 5.84 Å². The molecule has 2 fully saturated rings. The topological polar surface area (TPSA) is 67.5 Å². The molecule has 3 N–H and O–H groups in total. The molecule has 0 heterocycles. The Labute approximate surface area is 96.7 Å². The van der Waals surface area contributed by atoms with E-state index in [2.05, 4.69) is 10.3 Å². The van der Waals surface area contributed by atoms with Crippen molar-refractivity contribution in [2.45, 2.75) is 51.0 Å². The molecule has 0 bridgehead atoms. The Morgan fingerprint density at radius 1 is 1.25 bits per heavy atom. The van der Waals surface area contributed by atoms with Gasteiger partial charge in [0.25, 0.3) is 0 Å². The van der Waals surface area contributed by atoms with Crippen LogP contribution in [0.4, 0.5) is 0 Å². The summed E-state index contributed by atoms with van der Waals surface area (Å²) in [6, 6.07) is 0.448. The normalized spacial score (nSPS) is 22.4. The fourth-order valence-electron chi connectivity index (χ4n) is 2.16. The molecule has 90 valence electrons. The third-order valence-electron chi connectivity index (χ3n) is 3.35. The molecule has 2 saturated carbocycles. The molecule has 0 aromatic heterocycles. The van der Waals surface area contributed by atoms with E-state index in [9.17, 15) is 4.79 Å². The maximum absolute atomic E-state index is 11.4. The van der Waals surface area contributed by atoms with Gasteiger partial charge in [0.15, 0.2) is 0 Å². The fraction of sp³-hybridized carbons (Fsp3) is 0.833. The minimum absolute atomic E-state index is 0.116. The van der Waals surface area contributed by atoms with Crippen molar-refractivity contribution in [3.8, 4) is 0 Å². The first-order chi connectivity index (χ1) is 7.75. The fourth-order valence-corrected chi connectivity index (χ4v) is 2.16. The van der Waals surface area contributed by atoms with Gasteiger partial charge in [-0.2, -0.15) is 0 Å². The summed E-state index contributed by atoms with van der Waals surface area (Å²) in [5.41, 5.74) is 5.90. The summed E-state index contributed by atoms with van der Waals surface area (Å²) >= 11 is 0. The second-order valence-corrected chi connectivity index (χ2v) is 4.88. The van der Waals surface area contributed by atoms with Crippen LogP contribution < -0.4 is 11.1 Å². The van der Waals surface area contributed by atoms with Gasteiger partial charge < -0.3 is 11.1 Å². The molecule has 2 aliphatic rings. The standard InChI is InChI=1S/C12H21N3O/c13-12(9-3-1-2-4-9)14-8-7-11(16)15-10-5-6-10/h9-10H,1-8H2,(H2,13,14)(H,15,16). The van der Waals surface area contributed by atoms with Crippen LogP contribution in [0.2, 0.25) is 0 Å². The number of rotatable bonds is 5. The van der Waals surface area contributed by atoms with Crippen LogP contribution in [0.3, 0.4) is 0 Å². The molecule has 0 aromatic carbocycles. The zero-order valence-electron chi connectivity index (χ0n) is 9.74. The van der Waals surface area contributed by atoms with E-state index in [1.165, 1.54) is 25.7 Å². The van der Waals surface area contributed by atoms with Crippen molar-refractivity contribution in [2.24, 2.45) is 16.6 Å². The summed E-state index contributed by atoms with van der Waals surface area (Å²) in [5.74, 6) is 1.36. The van der Waals surface area contributed by atoms with E-state index >= 15 is 0 Å². The van der Waals surface area contributed by atoms with Gasteiger partial charge in [-0.15, -0.1) is 0 Å². The van der Waals surface area contributed by atoms with Gasteiger partial charge in [0.2, 0.25) is 5.91 Å². The molecule has 0 saturated heterocycles. The Morgan fingerprint density at radius 3 is 2.56 bits per heavy atom. The third kappa shape index (κ3) is 3.51. The van der Waals surface area contributed by atoms with E-state index < -0.39 is 0 Å². The summed E-state index contributed by atoms with van der Waals surface area (Å²) in [5, 5.41) is 2.95. The highest BCUT2D eigenvalue weighted by molar-refractivity contribution is 5.83. The van der Waals surface area contributed by atoms with E-state index in [0.717, 1.165) is 18.7 Å². The summed E-state index contributed by atoms with van der Waals surface area (Å²) < 4.78 is 0. The number of carbonyl (C=O) groups is 1. The second kappa shape index (κ2) is 5.32. The first-order valence-corrected chi connectivity index (χ1v) is 6.35. The molecule has 0 radical (unpaired) electrons. The largest absolute Gasteiger partial charge is 0.387 e. The van der Waals surface area contributed by atoms with Crippen LogP contribution in [0.25, 0.3) is 0 Å². The molecule has 2 aliphatic carbocycles. The summed E-state index contributed by atoms with van der Waals surface area (Å²) in [7, 11) is 0. The first kappa shape index (κ1) is 11.4. The minimum Gasteiger partial charge on any atom is -0.387 e. The van der Waals surface area contributed by atoms with Crippen LogP contribution in [0.1, 0.15) is 44.9 Å². The molecule has 0 unspecified atom stereocenters. The molecular formula is C12H21N3O. The molecule has 0 aromatic rings. The summed E-state index contributed by atoms with van der Waals surface area (Å²) in [6.07, 6.45) is 7.63. The molecule has 4 nitrogen and oxygen atoms in total. The number of amides is 1. The van der Waals surface area contributed by atoms with Crippen molar-refractivity contribution in [1.82, 2.24) is 5.32 Å². The van der Waals surface area contributed by atoms with E-state index in [0.29, 0.717) is 24.9 Å². The molecule has 0 atom stereocenters. The van der Waals surface area contributed by atoms with Crippen molar-refractivity contribution in [3.63, 3.8) is 0 Å². The SMILES string of the molecule is NC(=NCCC(=O)NC1CC1)C1CCCC1. The lowest BCUT2D eigenvalue weighted by molar-refractivity contribution is -0.121. The van der Waals surface area contributed by atoms with Crippen LogP contribution in [0.5, 0.6) is 0 Å². The first-order valence-electron chi connectivity index (χ1n) is 6.35. The number of aliphatic imine (C=N–C) groups is 1. The molecule has 0 aliphatic heterocycles. The summed E-state index contributed by atoms with van der Waals surface area (Å²) in [6.45, 7) is 0.543. The van der Waals surface area contributed by atoms with Gasteiger partial charge in [-0.1, -0.05) is 12.8 Å². The van der Waals surface area contributed by atoms with E-state index in [1.54, 1.807) is 0 Å². The average Bonchev–Trinajstić information content (AvgIpc) is 2.90. The predicted octanol–water partition coefficient (Wildman–Crippen LogP) is 1.20. The smallest absolute Gasteiger partial charge is 0.222 e. The quantitative estimate of drug-likeness (QED) is 0.543. The highest BCUT2D eigenvalue weighted by Gasteiger charge is 2.23. The number of nitrogens with zero attached hydrogens (tertiary/aromatic N) is 1. The highest BCUT2D eigenvalue weighted by atomic mass is 16.1. The van der Waals surface area contributed by atoms with E-state index in [-0.39, 0.29) is 5.91 Å². The van der Waals surface area contributed by atoms with Gasteiger partial charge in [-0.05, 0) is 25.7 Å². The average molecular weight is 223 g/mol. The molecule has 2 rings (SSSR count). The molecule has 1 amide bonds. The van der Waals surface area contributed by atoms with Crippen molar-refractivity contribution < 1.29 is 4.79 Å². The van der Waals surface area contributed by atoms with Crippen LogP contribution in [0, 0.1) is 5.92 Å². The zero-order valence-corrected chi connectivity index (χ0v) is 9.74. The van der Waals surface area contributed by atoms with Crippen LogP contribution in [0.15, 0.2) is 4.99 Å². The Kier molecular flexibility index (Phi) is 3.80. The number of hydrogen-bond donors (Lipinski definition) is 2. The second-order valence-electron chi connectivity index (χ2n) is 4.88. The van der Waals surface area contributed by atoms with E-state index in [4.69, 9.17) is 5.73 Å². The Morgan fingerprint density at radius 2 is 1.94 bits per heavy atom. The Balaban J connectivity index is 1.64. The molecular weight excluding hydrogens is 202 g/mol. The number of nitrogens with two attached hydrogens (primary N) is 1. The molecule has 4 heteroatoms. The maximum atomic E-state index is 11.4. The lowest BCUT2D eigenvalue weighted by Crippen LogP contribution is -2.27. The zero-order chi connectivity index (χ0) is 11.4. The Bertz CT molecular complexity index is 278. The van der Waals surface area contributed by atoms with Crippen LogP contribution in [-0.4, -0.2) is 24.3 Å². The monoisotopic (exact) mass is 223 g/mol. The molecule has 16 heavy (non-hydrogen) atoms. The number of amidine groups is 1. The van der Waals surface area contributed by atoms with Gasteiger partial charge in [-0.25, -0.2) is 0 Å². The number of hydrogen-bond acceptors (Lipinski definition) is 2. The third-order valence-corrected chi connectivity index (χ3v) is 3.35. The summed E-state index contributed by atoms with van der Waals surface area (Å²) in [4.78, 5) is 15.7. The highest BCUT2D eigenvalue weighted by Crippen LogP contribution is 2.24. The number of nitrogens with one attached hydrogen (secondary N) is 1. The van der Waals surface area contributed by atoms with Crippen molar-refractivity contribution >= 4 is 11.7 Å². The lowest BCUT2D eigenvalue weighted by Gasteiger charge is -2.08. The van der Waals surface area contributed by atoms with E-state index in [1.807, 2.05) is 0 Å². The Hall–Kier alpha value is -1.06. The van der Waals surface area contributed by atoms with Crippen LogP contribution in [-0.2, 0) is 4.79 Å².